The Labute approximate surface area is 138 Å². The van der Waals surface area contributed by atoms with Crippen LogP contribution in [0.4, 0.5) is 4.79 Å². The molecule has 1 aromatic carbocycles. The number of benzene rings is 1. The third kappa shape index (κ3) is 5.84. The maximum absolute atomic E-state index is 12.0. The zero-order chi connectivity index (χ0) is 16.5. The molecule has 1 saturated heterocycles. The largest absolute Gasteiger partial charge is 0.396 e. The van der Waals surface area contributed by atoms with Crippen LogP contribution in [-0.4, -0.2) is 36.9 Å². The van der Waals surface area contributed by atoms with Gasteiger partial charge in [0.2, 0.25) is 0 Å². The van der Waals surface area contributed by atoms with Crippen molar-refractivity contribution >= 4 is 6.03 Å². The van der Waals surface area contributed by atoms with E-state index in [1.54, 1.807) is 0 Å². The van der Waals surface area contributed by atoms with Gasteiger partial charge in [0, 0.05) is 31.7 Å². The Morgan fingerprint density at radius 3 is 2.91 bits per heavy atom. The first-order valence-electron chi connectivity index (χ1n) is 8.52. The van der Waals surface area contributed by atoms with Gasteiger partial charge in [0.15, 0.2) is 0 Å². The van der Waals surface area contributed by atoms with Crippen LogP contribution >= 0.6 is 0 Å². The highest BCUT2D eigenvalue weighted by Gasteiger charge is 2.27. The fourth-order valence-corrected chi connectivity index (χ4v) is 3.03. The predicted molar refractivity (Wildman–Crippen MR) is 90.2 cm³/mol. The number of nitrogens with one attached hydrogen (secondary N) is 2. The standard InChI is InChI=1S/C18H28N2O3/c1-14(7-5-11-21)20-18(22)19-13-16-10-6-12-23-17(16)15-8-3-2-4-9-15/h2-4,8-9,14,16-17,21H,5-7,10-13H2,1H3,(H2,19,20,22). The van der Waals surface area contributed by atoms with Gasteiger partial charge in [0.05, 0.1) is 6.10 Å². The van der Waals surface area contributed by atoms with Crippen molar-refractivity contribution in [1.82, 2.24) is 10.6 Å². The Hall–Kier alpha value is -1.59. The molecule has 1 heterocycles. The van der Waals surface area contributed by atoms with Crippen molar-refractivity contribution < 1.29 is 14.6 Å². The molecule has 0 spiro atoms. The smallest absolute Gasteiger partial charge is 0.315 e. The highest BCUT2D eigenvalue weighted by molar-refractivity contribution is 5.74. The van der Waals surface area contributed by atoms with E-state index >= 15 is 0 Å². The molecule has 128 valence electrons. The van der Waals surface area contributed by atoms with Crippen molar-refractivity contribution in [2.24, 2.45) is 5.92 Å². The van der Waals surface area contributed by atoms with Gasteiger partial charge in [-0.05, 0) is 38.2 Å². The molecule has 3 N–H and O–H groups in total. The molecule has 5 nitrogen and oxygen atoms in total. The van der Waals surface area contributed by atoms with E-state index in [0.717, 1.165) is 25.9 Å². The van der Waals surface area contributed by atoms with E-state index in [1.165, 1.54) is 5.56 Å². The summed E-state index contributed by atoms with van der Waals surface area (Å²) in [6.07, 6.45) is 3.62. The number of carbonyl (C=O) groups excluding carboxylic acids is 1. The average molecular weight is 320 g/mol. The Balaban J connectivity index is 1.81. The van der Waals surface area contributed by atoms with Crippen molar-refractivity contribution in [1.29, 1.82) is 0 Å². The number of ether oxygens (including phenoxy) is 1. The second-order valence-corrected chi connectivity index (χ2v) is 6.23. The summed E-state index contributed by atoms with van der Waals surface area (Å²) in [4.78, 5) is 12.0. The molecule has 23 heavy (non-hydrogen) atoms. The highest BCUT2D eigenvalue weighted by Crippen LogP contribution is 2.32. The first-order chi connectivity index (χ1) is 11.2. The Morgan fingerprint density at radius 2 is 2.17 bits per heavy atom. The van der Waals surface area contributed by atoms with Gasteiger partial charge in [0.1, 0.15) is 0 Å². The minimum atomic E-state index is -0.146. The number of aliphatic hydroxyl groups excluding tert-OH is 1. The third-order valence-corrected chi connectivity index (χ3v) is 4.27. The number of hydrogen-bond donors (Lipinski definition) is 3. The summed E-state index contributed by atoms with van der Waals surface area (Å²) in [5.74, 6) is 0.296. The van der Waals surface area contributed by atoms with E-state index in [2.05, 4.69) is 22.8 Å². The van der Waals surface area contributed by atoms with E-state index in [0.29, 0.717) is 18.9 Å². The molecular weight excluding hydrogens is 292 g/mol. The summed E-state index contributed by atoms with van der Waals surface area (Å²) in [6, 6.07) is 10.1. The lowest BCUT2D eigenvalue weighted by molar-refractivity contribution is -0.0269. The number of hydrogen-bond acceptors (Lipinski definition) is 3. The fraction of sp³-hybridized carbons (Fsp3) is 0.611. The summed E-state index contributed by atoms with van der Waals surface area (Å²) in [5, 5.41) is 14.7. The van der Waals surface area contributed by atoms with Gasteiger partial charge in [-0.25, -0.2) is 4.79 Å². The quantitative estimate of drug-likeness (QED) is 0.723. The number of carbonyl (C=O) groups is 1. The Morgan fingerprint density at radius 1 is 1.39 bits per heavy atom. The minimum Gasteiger partial charge on any atom is -0.396 e. The first-order valence-corrected chi connectivity index (χ1v) is 8.52. The topological polar surface area (TPSA) is 70.6 Å². The van der Waals surface area contributed by atoms with E-state index in [4.69, 9.17) is 9.84 Å². The minimum absolute atomic E-state index is 0.0528. The maximum Gasteiger partial charge on any atom is 0.315 e. The van der Waals surface area contributed by atoms with Crippen molar-refractivity contribution in [3.8, 4) is 0 Å². The first kappa shape index (κ1) is 17.8. The van der Waals surface area contributed by atoms with Crippen molar-refractivity contribution in [3.05, 3.63) is 35.9 Å². The number of aliphatic hydroxyl groups is 1. The zero-order valence-electron chi connectivity index (χ0n) is 13.8. The molecule has 1 fully saturated rings. The summed E-state index contributed by atoms with van der Waals surface area (Å²) >= 11 is 0. The van der Waals surface area contributed by atoms with Crippen LogP contribution in [0, 0.1) is 5.92 Å². The SMILES string of the molecule is CC(CCCO)NC(=O)NCC1CCCOC1c1ccccc1. The molecule has 0 bridgehead atoms. The van der Waals surface area contributed by atoms with E-state index in [-0.39, 0.29) is 24.8 Å². The molecule has 0 aromatic heterocycles. The average Bonchev–Trinajstić information content (AvgIpc) is 2.59. The van der Waals surface area contributed by atoms with E-state index in [9.17, 15) is 4.79 Å². The molecular formula is C18H28N2O3. The van der Waals surface area contributed by atoms with E-state index in [1.807, 2.05) is 25.1 Å². The van der Waals surface area contributed by atoms with Crippen LogP contribution < -0.4 is 10.6 Å². The van der Waals surface area contributed by atoms with Crippen molar-refractivity contribution in [3.63, 3.8) is 0 Å². The summed E-state index contributed by atoms with van der Waals surface area (Å²) in [5.41, 5.74) is 1.18. The second-order valence-electron chi connectivity index (χ2n) is 6.23. The van der Waals surface area contributed by atoms with Gasteiger partial charge in [0.25, 0.3) is 0 Å². The molecule has 2 amide bonds. The molecule has 5 heteroatoms. The molecule has 0 aliphatic carbocycles. The number of rotatable bonds is 7. The molecule has 3 unspecified atom stereocenters. The summed E-state index contributed by atoms with van der Waals surface area (Å²) in [7, 11) is 0. The second kappa shape index (κ2) is 9.53. The van der Waals surface area contributed by atoms with Gasteiger partial charge in [-0.15, -0.1) is 0 Å². The monoisotopic (exact) mass is 320 g/mol. The summed E-state index contributed by atoms with van der Waals surface area (Å²) < 4.78 is 5.94. The Bertz CT molecular complexity index is 467. The number of urea groups is 1. The molecule has 1 aliphatic rings. The van der Waals surface area contributed by atoms with Gasteiger partial charge in [-0.2, -0.15) is 0 Å². The lowest BCUT2D eigenvalue weighted by atomic mass is 9.89. The van der Waals surface area contributed by atoms with Gasteiger partial charge < -0.3 is 20.5 Å². The van der Waals surface area contributed by atoms with Crippen molar-refractivity contribution in [2.75, 3.05) is 19.8 Å². The zero-order valence-corrected chi connectivity index (χ0v) is 13.8. The molecule has 3 atom stereocenters. The van der Waals surface area contributed by atoms with E-state index < -0.39 is 0 Å². The normalized spacial score (nSPS) is 22.3. The highest BCUT2D eigenvalue weighted by atomic mass is 16.5. The van der Waals surface area contributed by atoms with Crippen molar-refractivity contribution in [2.45, 2.75) is 44.8 Å². The number of amides is 2. The third-order valence-electron chi connectivity index (χ3n) is 4.27. The maximum atomic E-state index is 12.0. The fourth-order valence-electron chi connectivity index (χ4n) is 3.03. The molecule has 2 rings (SSSR count). The van der Waals surface area contributed by atoms with Crippen LogP contribution in [-0.2, 0) is 4.74 Å². The molecule has 0 saturated carbocycles. The molecule has 0 radical (unpaired) electrons. The summed E-state index contributed by atoms with van der Waals surface area (Å²) in [6.45, 7) is 3.50. The van der Waals surface area contributed by atoms with Gasteiger partial charge in [-0.3, -0.25) is 0 Å². The molecule has 1 aliphatic heterocycles. The van der Waals surface area contributed by atoms with Crippen LogP contribution in [0.1, 0.15) is 44.3 Å². The van der Waals surface area contributed by atoms with Gasteiger partial charge >= 0.3 is 6.03 Å². The van der Waals surface area contributed by atoms with Crippen LogP contribution in [0.25, 0.3) is 0 Å². The lowest BCUT2D eigenvalue weighted by Crippen LogP contribution is -2.44. The lowest BCUT2D eigenvalue weighted by Gasteiger charge is -2.32. The molecule has 1 aromatic rings. The van der Waals surface area contributed by atoms with Gasteiger partial charge in [-0.1, -0.05) is 30.3 Å². The van der Waals surface area contributed by atoms with Crippen LogP contribution in [0.3, 0.4) is 0 Å². The van der Waals surface area contributed by atoms with Crippen LogP contribution in [0.15, 0.2) is 30.3 Å². The predicted octanol–water partition coefficient (Wildman–Crippen LogP) is 2.61. The Kier molecular flexibility index (Phi) is 7.36. The van der Waals surface area contributed by atoms with Crippen LogP contribution in [0.2, 0.25) is 0 Å². The van der Waals surface area contributed by atoms with Crippen LogP contribution in [0.5, 0.6) is 0 Å².